The van der Waals surface area contributed by atoms with Crippen molar-refractivity contribution in [3.63, 3.8) is 0 Å². The van der Waals surface area contributed by atoms with Crippen molar-refractivity contribution in [3.8, 4) is 0 Å². The van der Waals surface area contributed by atoms with E-state index >= 15 is 4.39 Å². The van der Waals surface area contributed by atoms with Crippen molar-refractivity contribution in [3.05, 3.63) is 17.0 Å². The standard InChI is InChI=1S/C19H29FN4O2/c20-19(13-21-18(25)14-5-10-26-12-14)6-8-24(9-7-19)11-17-15-3-1-2-4-16(15)22-23-17/h14H,1-13H2,(H,21,25)(H,22,23). The molecule has 2 saturated heterocycles. The van der Waals surface area contributed by atoms with E-state index < -0.39 is 5.67 Å². The Balaban J connectivity index is 1.25. The Morgan fingerprint density at radius 3 is 2.92 bits per heavy atom. The lowest BCUT2D eigenvalue weighted by molar-refractivity contribution is -0.125. The number of piperidine rings is 1. The Morgan fingerprint density at radius 2 is 2.15 bits per heavy atom. The average molecular weight is 364 g/mol. The number of likely N-dealkylation sites (tertiary alicyclic amines) is 1. The lowest BCUT2D eigenvalue weighted by atomic mass is 9.92. The summed E-state index contributed by atoms with van der Waals surface area (Å²) in [5.74, 6) is -0.172. The van der Waals surface area contributed by atoms with E-state index in [4.69, 9.17) is 4.74 Å². The first kappa shape index (κ1) is 17.9. The van der Waals surface area contributed by atoms with Gasteiger partial charge in [0.05, 0.1) is 24.8 Å². The fourth-order valence-electron chi connectivity index (χ4n) is 4.31. The van der Waals surface area contributed by atoms with Crippen molar-refractivity contribution in [2.45, 2.75) is 57.2 Å². The summed E-state index contributed by atoms with van der Waals surface area (Å²) in [7, 11) is 0. The zero-order chi connectivity index (χ0) is 18.0. The Labute approximate surface area is 153 Å². The third-order valence-electron chi connectivity index (χ3n) is 6.15. The van der Waals surface area contributed by atoms with Gasteiger partial charge in [0.1, 0.15) is 5.67 Å². The van der Waals surface area contributed by atoms with Gasteiger partial charge in [0.15, 0.2) is 0 Å². The molecule has 7 heteroatoms. The molecule has 144 valence electrons. The SMILES string of the molecule is O=C(NCC1(F)CCN(Cc2n[nH]c3c2CCCC3)CC1)C1CCOC1. The maximum Gasteiger partial charge on any atom is 0.225 e. The minimum atomic E-state index is -1.30. The molecule has 1 aliphatic carbocycles. The second-order valence-electron chi connectivity index (χ2n) is 8.04. The highest BCUT2D eigenvalue weighted by atomic mass is 19.1. The maximum absolute atomic E-state index is 15.1. The molecule has 0 bridgehead atoms. The zero-order valence-corrected chi connectivity index (χ0v) is 15.4. The molecule has 26 heavy (non-hydrogen) atoms. The zero-order valence-electron chi connectivity index (χ0n) is 15.4. The second kappa shape index (κ2) is 7.64. The Bertz CT molecular complexity index is 633. The van der Waals surface area contributed by atoms with Crippen molar-refractivity contribution in [1.82, 2.24) is 20.4 Å². The van der Waals surface area contributed by atoms with Crippen LogP contribution in [0.4, 0.5) is 4.39 Å². The summed E-state index contributed by atoms with van der Waals surface area (Å²) in [6, 6.07) is 0. The molecule has 2 N–H and O–H groups in total. The highest BCUT2D eigenvalue weighted by Gasteiger charge is 2.36. The first-order valence-electron chi connectivity index (χ1n) is 9.95. The number of nitrogens with one attached hydrogen (secondary N) is 2. The summed E-state index contributed by atoms with van der Waals surface area (Å²) in [6.45, 7) is 3.43. The number of amides is 1. The van der Waals surface area contributed by atoms with Gasteiger partial charge in [-0.05, 0) is 50.5 Å². The summed E-state index contributed by atoms with van der Waals surface area (Å²) in [5, 5.41) is 10.5. The largest absolute Gasteiger partial charge is 0.381 e. The molecule has 3 heterocycles. The molecule has 1 aromatic heterocycles. The summed E-state index contributed by atoms with van der Waals surface area (Å²) < 4.78 is 20.3. The van der Waals surface area contributed by atoms with Gasteiger partial charge >= 0.3 is 0 Å². The van der Waals surface area contributed by atoms with Gasteiger partial charge in [-0.1, -0.05) is 0 Å². The maximum atomic E-state index is 15.1. The van der Waals surface area contributed by atoms with Crippen LogP contribution in [0.2, 0.25) is 0 Å². The number of alkyl halides is 1. The molecule has 2 aliphatic heterocycles. The molecule has 3 aliphatic rings. The summed E-state index contributed by atoms with van der Waals surface area (Å²) >= 11 is 0. The van der Waals surface area contributed by atoms with Crippen LogP contribution in [0.1, 0.15) is 49.1 Å². The highest BCUT2D eigenvalue weighted by Crippen LogP contribution is 2.29. The number of aromatic amines is 1. The third kappa shape index (κ3) is 3.93. The van der Waals surface area contributed by atoms with Gasteiger partial charge in [-0.25, -0.2) is 4.39 Å². The third-order valence-corrected chi connectivity index (χ3v) is 6.15. The number of carbonyl (C=O) groups excluding carboxylic acids is 1. The average Bonchev–Trinajstić information content (AvgIpc) is 3.33. The molecule has 1 unspecified atom stereocenters. The number of halogens is 1. The monoisotopic (exact) mass is 364 g/mol. The normalized spacial score (nSPS) is 25.8. The Morgan fingerprint density at radius 1 is 1.35 bits per heavy atom. The molecule has 0 aromatic carbocycles. The summed E-state index contributed by atoms with van der Waals surface area (Å²) in [4.78, 5) is 14.3. The molecular weight excluding hydrogens is 335 g/mol. The van der Waals surface area contributed by atoms with Crippen LogP contribution in [0.3, 0.4) is 0 Å². The molecule has 0 spiro atoms. The smallest absolute Gasteiger partial charge is 0.225 e. The van der Waals surface area contributed by atoms with Crippen LogP contribution in [0.25, 0.3) is 0 Å². The van der Waals surface area contributed by atoms with E-state index in [1.54, 1.807) is 0 Å². The van der Waals surface area contributed by atoms with Gasteiger partial charge in [-0.15, -0.1) is 0 Å². The molecule has 0 saturated carbocycles. The first-order chi connectivity index (χ1) is 12.6. The van der Waals surface area contributed by atoms with Gasteiger partial charge < -0.3 is 10.1 Å². The molecular formula is C19H29FN4O2. The lowest BCUT2D eigenvalue weighted by Gasteiger charge is -2.36. The van der Waals surface area contributed by atoms with Crippen LogP contribution >= 0.6 is 0 Å². The van der Waals surface area contributed by atoms with Crippen molar-refractivity contribution in [2.75, 3.05) is 32.8 Å². The van der Waals surface area contributed by atoms with Gasteiger partial charge in [0.25, 0.3) is 0 Å². The molecule has 2 fully saturated rings. The number of carbonyl (C=O) groups is 1. The predicted molar refractivity (Wildman–Crippen MR) is 95.5 cm³/mol. The van der Waals surface area contributed by atoms with E-state index in [0.29, 0.717) is 39.1 Å². The number of hydrogen-bond donors (Lipinski definition) is 2. The van der Waals surface area contributed by atoms with E-state index in [0.717, 1.165) is 31.5 Å². The van der Waals surface area contributed by atoms with Crippen molar-refractivity contribution in [1.29, 1.82) is 0 Å². The number of hydrogen-bond acceptors (Lipinski definition) is 4. The number of nitrogens with zero attached hydrogens (tertiary/aromatic N) is 2. The quantitative estimate of drug-likeness (QED) is 0.835. The molecule has 4 rings (SSSR count). The number of aryl methyl sites for hydroxylation is 1. The number of fused-ring (bicyclic) bond motifs is 1. The van der Waals surface area contributed by atoms with Gasteiger partial charge in [0.2, 0.25) is 5.91 Å². The topological polar surface area (TPSA) is 70.2 Å². The van der Waals surface area contributed by atoms with Crippen molar-refractivity contribution < 1.29 is 13.9 Å². The highest BCUT2D eigenvalue weighted by molar-refractivity contribution is 5.79. The van der Waals surface area contributed by atoms with Crippen molar-refractivity contribution >= 4 is 5.91 Å². The van der Waals surface area contributed by atoms with Gasteiger partial charge in [0, 0.05) is 31.9 Å². The molecule has 0 radical (unpaired) electrons. The summed E-state index contributed by atoms with van der Waals surface area (Å²) in [5.41, 5.74) is 2.53. The number of rotatable bonds is 5. The van der Waals surface area contributed by atoms with E-state index in [1.165, 1.54) is 24.1 Å². The van der Waals surface area contributed by atoms with E-state index in [-0.39, 0.29) is 18.4 Å². The van der Waals surface area contributed by atoms with Crippen LogP contribution < -0.4 is 5.32 Å². The Kier molecular flexibility index (Phi) is 5.27. The van der Waals surface area contributed by atoms with Gasteiger partial charge in [-0.3, -0.25) is 14.8 Å². The fourth-order valence-corrected chi connectivity index (χ4v) is 4.31. The number of aromatic nitrogens is 2. The second-order valence-corrected chi connectivity index (χ2v) is 8.04. The molecule has 1 atom stereocenters. The molecule has 1 amide bonds. The number of H-pyrrole nitrogens is 1. The molecule has 1 aromatic rings. The minimum absolute atomic E-state index is 0.0647. The van der Waals surface area contributed by atoms with Crippen LogP contribution in [0.15, 0.2) is 0 Å². The predicted octanol–water partition coefficient (Wildman–Crippen LogP) is 1.75. The van der Waals surface area contributed by atoms with E-state index in [1.807, 2.05) is 0 Å². The lowest BCUT2D eigenvalue weighted by Crippen LogP contribution is -2.49. The number of ether oxygens (including phenoxy) is 1. The molecule has 6 nitrogen and oxygen atoms in total. The fraction of sp³-hybridized carbons (Fsp3) is 0.789. The van der Waals surface area contributed by atoms with Crippen LogP contribution in [-0.4, -0.2) is 59.5 Å². The summed E-state index contributed by atoms with van der Waals surface area (Å²) in [6.07, 6.45) is 6.34. The van der Waals surface area contributed by atoms with Crippen molar-refractivity contribution in [2.24, 2.45) is 5.92 Å². The van der Waals surface area contributed by atoms with Gasteiger partial charge in [-0.2, -0.15) is 5.10 Å². The van der Waals surface area contributed by atoms with Crippen LogP contribution in [0, 0.1) is 5.92 Å². The van der Waals surface area contributed by atoms with Crippen LogP contribution in [-0.2, 0) is 28.9 Å². The Hall–Kier alpha value is -1.47. The minimum Gasteiger partial charge on any atom is -0.381 e. The van der Waals surface area contributed by atoms with Crippen LogP contribution in [0.5, 0.6) is 0 Å². The van der Waals surface area contributed by atoms with E-state index in [2.05, 4.69) is 20.4 Å². The van der Waals surface area contributed by atoms with E-state index in [9.17, 15) is 4.79 Å². The first-order valence-corrected chi connectivity index (χ1v) is 9.95.